The van der Waals surface area contributed by atoms with Gasteiger partial charge in [-0.3, -0.25) is 0 Å². The molecule has 0 amide bonds. The molecule has 15 heavy (non-hydrogen) atoms. The van der Waals surface area contributed by atoms with Crippen molar-refractivity contribution in [3.8, 4) is 0 Å². The number of benzene rings is 1. The molecular weight excluding hydrogens is 216 g/mol. The molecule has 1 aromatic rings. The quantitative estimate of drug-likeness (QED) is 0.592. The van der Waals surface area contributed by atoms with E-state index >= 15 is 0 Å². The van der Waals surface area contributed by atoms with Crippen LogP contribution in [0.2, 0.25) is 0 Å². The molecule has 0 nitrogen and oxygen atoms in total. The second-order valence-electron chi connectivity index (χ2n) is 4.33. The van der Waals surface area contributed by atoms with Crippen LogP contribution in [0.4, 0.5) is 0 Å². The van der Waals surface area contributed by atoms with E-state index in [1.165, 1.54) is 42.7 Å². The molecule has 0 N–H and O–H groups in total. The van der Waals surface area contributed by atoms with Gasteiger partial charge in [0.25, 0.3) is 0 Å². The zero-order valence-electron chi connectivity index (χ0n) is 9.14. The van der Waals surface area contributed by atoms with Gasteiger partial charge in [0.2, 0.25) is 0 Å². The van der Waals surface area contributed by atoms with Gasteiger partial charge in [0, 0.05) is 27.6 Å². The van der Waals surface area contributed by atoms with Crippen LogP contribution in [0.1, 0.15) is 43.7 Å². The van der Waals surface area contributed by atoms with Crippen LogP contribution in [-0.4, -0.2) is 0 Å². The van der Waals surface area contributed by atoms with E-state index in [0.29, 0.717) is 0 Å². The molecule has 0 fully saturated rings. The maximum Gasteiger partial charge on any atom is 0.0277 e. The first-order chi connectivity index (χ1) is 6.88. The Labute approximate surface area is 107 Å². The number of fused-ring (bicyclic) bond motifs is 2. The topological polar surface area (TPSA) is 0 Å². The molecule has 0 bridgehead atoms. The van der Waals surface area contributed by atoms with Gasteiger partial charge in [-0.15, -0.1) is 0 Å². The fourth-order valence-electron chi connectivity index (χ4n) is 2.85. The summed E-state index contributed by atoms with van der Waals surface area (Å²) in [6, 6.07) is 8.87. The monoisotopic (exact) mass is 231 g/mol. The smallest absolute Gasteiger partial charge is 0.0277 e. The average Bonchev–Trinajstić information content (AvgIpc) is 2.55. The Morgan fingerprint density at radius 3 is 2.20 bits per heavy atom. The number of hydrogen-bond donors (Lipinski definition) is 0. The van der Waals surface area contributed by atoms with Crippen molar-refractivity contribution in [1.29, 1.82) is 0 Å². The third-order valence-corrected chi connectivity index (χ3v) is 3.58. The Hall–Kier alpha value is -0.326. The number of hydrogen-bond acceptors (Lipinski definition) is 0. The minimum Gasteiger partial charge on any atom is -0.0619 e. The molecule has 0 aromatic heterocycles. The summed E-state index contributed by atoms with van der Waals surface area (Å²) >= 11 is 0. The second-order valence-corrected chi connectivity index (χ2v) is 4.33. The zero-order valence-corrected chi connectivity index (χ0v) is 10.7. The predicted molar refractivity (Wildman–Crippen MR) is 59.8 cm³/mol. The largest absolute Gasteiger partial charge is 0.0619 e. The molecule has 0 saturated heterocycles. The fourth-order valence-corrected chi connectivity index (χ4v) is 2.85. The summed E-state index contributed by atoms with van der Waals surface area (Å²) in [6.07, 6.45) is 5.35. The summed E-state index contributed by atoms with van der Waals surface area (Å²) in [7, 11) is 0. The molecular formula is C14H15Ti. The van der Waals surface area contributed by atoms with Gasteiger partial charge in [-0.25, -0.2) is 0 Å². The van der Waals surface area contributed by atoms with E-state index in [1.54, 1.807) is 11.1 Å². The predicted octanol–water partition coefficient (Wildman–Crippen LogP) is 3.97. The summed E-state index contributed by atoms with van der Waals surface area (Å²) < 4.78 is 0. The van der Waals surface area contributed by atoms with Crippen molar-refractivity contribution in [2.75, 3.05) is 0 Å². The van der Waals surface area contributed by atoms with E-state index in [1.807, 2.05) is 0 Å². The Balaban J connectivity index is 0.000000853. The molecule has 0 heterocycles. The Bertz CT molecular complexity index is 404. The Morgan fingerprint density at radius 2 is 1.47 bits per heavy atom. The molecule has 0 unspecified atom stereocenters. The van der Waals surface area contributed by atoms with Crippen LogP contribution in [0.3, 0.4) is 0 Å². The van der Waals surface area contributed by atoms with E-state index in [-0.39, 0.29) is 21.7 Å². The molecule has 2 aliphatic carbocycles. The minimum atomic E-state index is 0. The minimum absolute atomic E-state index is 0. The van der Waals surface area contributed by atoms with Crippen molar-refractivity contribution in [1.82, 2.24) is 0 Å². The number of rotatable bonds is 0. The van der Waals surface area contributed by atoms with E-state index in [2.05, 4.69) is 31.2 Å². The van der Waals surface area contributed by atoms with E-state index in [0.717, 1.165) is 0 Å². The Morgan fingerprint density at radius 1 is 0.867 bits per heavy atom. The normalized spacial score (nSPS) is 19.5. The first-order valence-corrected chi connectivity index (χ1v) is 5.53. The van der Waals surface area contributed by atoms with Crippen molar-refractivity contribution < 1.29 is 21.7 Å². The SMILES string of the molecule is C[C]1C2=C(CCCC2)c2ccccc21.[Ti]. The Kier molecular flexibility index (Phi) is 3.18. The van der Waals surface area contributed by atoms with Gasteiger partial charge in [0.05, 0.1) is 0 Å². The van der Waals surface area contributed by atoms with Crippen molar-refractivity contribution in [3.63, 3.8) is 0 Å². The van der Waals surface area contributed by atoms with Crippen molar-refractivity contribution >= 4 is 5.57 Å². The molecule has 2 aliphatic rings. The van der Waals surface area contributed by atoms with Crippen LogP contribution in [0.25, 0.3) is 5.57 Å². The first kappa shape index (κ1) is 11.2. The van der Waals surface area contributed by atoms with Crippen LogP contribution >= 0.6 is 0 Å². The van der Waals surface area contributed by atoms with Gasteiger partial charge < -0.3 is 0 Å². The van der Waals surface area contributed by atoms with Crippen molar-refractivity contribution in [2.24, 2.45) is 0 Å². The first-order valence-electron chi connectivity index (χ1n) is 5.53. The summed E-state index contributed by atoms with van der Waals surface area (Å²) in [6.45, 7) is 2.28. The molecule has 1 aromatic carbocycles. The van der Waals surface area contributed by atoms with Gasteiger partial charge in [-0.2, -0.15) is 0 Å². The molecule has 3 rings (SSSR count). The average molecular weight is 231 g/mol. The van der Waals surface area contributed by atoms with Gasteiger partial charge >= 0.3 is 0 Å². The van der Waals surface area contributed by atoms with Gasteiger partial charge in [-0.1, -0.05) is 36.8 Å². The molecule has 0 atom stereocenters. The summed E-state index contributed by atoms with van der Waals surface area (Å²) in [4.78, 5) is 0. The molecule has 0 saturated carbocycles. The number of allylic oxidation sites excluding steroid dienone is 2. The molecule has 1 heteroatoms. The third-order valence-electron chi connectivity index (χ3n) is 3.58. The molecule has 75 valence electrons. The van der Waals surface area contributed by atoms with Gasteiger partial charge in [-0.05, 0) is 42.4 Å². The van der Waals surface area contributed by atoms with Crippen molar-refractivity contribution in [2.45, 2.75) is 32.6 Å². The van der Waals surface area contributed by atoms with Crippen LogP contribution < -0.4 is 0 Å². The van der Waals surface area contributed by atoms with Crippen molar-refractivity contribution in [3.05, 3.63) is 46.9 Å². The third kappa shape index (κ3) is 1.64. The standard InChI is InChI=1S/C14H15.Ti/c1-10-11-6-2-4-8-13(11)14-9-5-3-7-12(10)14;/h2,4,6,8H,3,5,7,9H2,1H3;. The van der Waals surface area contributed by atoms with Gasteiger partial charge in [0.1, 0.15) is 0 Å². The van der Waals surface area contributed by atoms with Crippen LogP contribution in [0.15, 0.2) is 29.8 Å². The molecule has 1 radical (unpaired) electrons. The molecule has 0 aliphatic heterocycles. The van der Waals surface area contributed by atoms with E-state index in [9.17, 15) is 0 Å². The second kappa shape index (κ2) is 4.27. The maximum absolute atomic E-state index is 2.28. The fraction of sp³-hybridized carbons (Fsp3) is 0.357. The summed E-state index contributed by atoms with van der Waals surface area (Å²) in [5.74, 6) is 1.54. The maximum atomic E-state index is 2.28. The molecule has 0 spiro atoms. The zero-order chi connectivity index (χ0) is 9.54. The van der Waals surface area contributed by atoms with Crippen LogP contribution in [0.5, 0.6) is 0 Å². The van der Waals surface area contributed by atoms with Gasteiger partial charge in [0.15, 0.2) is 0 Å². The van der Waals surface area contributed by atoms with E-state index in [4.69, 9.17) is 0 Å². The summed E-state index contributed by atoms with van der Waals surface area (Å²) in [5.41, 5.74) is 6.29. The summed E-state index contributed by atoms with van der Waals surface area (Å²) in [5, 5.41) is 0. The van der Waals surface area contributed by atoms with Crippen LogP contribution in [0, 0.1) is 5.92 Å². The van der Waals surface area contributed by atoms with E-state index < -0.39 is 0 Å². The van der Waals surface area contributed by atoms with Crippen LogP contribution in [-0.2, 0) is 21.7 Å².